The first-order valence-corrected chi connectivity index (χ1v) is 8.82. The molecule has 1 fully saturated rings. The molecule has 1 heterocycles. The van der Waals surface area contributed by atoms with Crippen LogP contribution in [-0.2, 0) is 21.1 Å². The number of nitrogens with one attached hydrogen (secondary N) is 1. The molecule has 0 aliphatic carbocycles. The third-order valence-corrected chi connectivity index (χ3v) is 5.60. The summed E-state index contributed by atoms with van der Waals surface area (Å²) < 4.78 is 22.8. The lowest BCUT2D eigenvalue weighted by atomic mass is 10.0. The van der Waals surface area contributed by atoms with Crippen LogP contribution in [0.3, 0.4) is 0 Å². The molecule has 1 atom stereocenters. The van der Waals surface area contributed by atoms with E-state index >= 15 is 0 Å². The molecule has 1 aliphatic rings. The van der Waals surface area contributed by atoms with E-state index in [2.05, 4.69) is 5.32 Å². The summed E-state index contributed by atoms with van der Waals surface area (Å²) in [7, 11) is -2.96. The lowest BCUT2D eigenvalue weighted by Gasteiger charge is -2.12. The van der Waals surface area contributed by atoms with Crippen LogP contribution in [0, 0.1) is 0 Å². The molecular formula is C16H17NO3S. The van der Waals surface area contributed by atoms with E-state index in [-0.39, 0.29) is 29.9 Å². The van der Waals surface area contributed by atoms with E-state index in [1.54, 1.807) is 0 Å². The Morgan fingerprint density at radius 3 is 2.67 bits per heavy atom. The van der Waals surface area contributed by atoms with Gasteiger partial charge in [-0.1, -0.05) is 42.5 Å². The number of hydrogen-bond acceptors (Lipinski definition) is 3. The van der Waals surface area contributed by atoms with E-state index < -0.39 is 9.84 Å². The van der Waals surface area contributed by atoms with Crippen LogP contribution >= 0.6 is 0 Å². The average Bonchev–Trinajstić information content (AvgIpc) is 2.78. The van der Waals surface area contributed by atoms with E-state index in [4.69, 9.17) is 0 Å². The Balaban J connectivity index is 1.72. The molecule has 2 aromatic rings. The highest BCUT2D eigenvalue weighted by molar-refractivity contribution is 7.91. The Hall–Kier alpha value is -1.88. The SMILES string of the molecule is O=C(Cc1cccc2ccccc12)NC1CCS(=O)(=O)C1. The fourth-order valence-corrected chi connectivity index (χ4v) is 4.48. The Morgan fingerprint density at radius 2 is 1.90 bits per heavy atom. The highest BCUT2D eigenvalue weighted by atomic mass is 32.2. The van der Waals surface area contributed by atoms with Crippen LogP contribution in [-0.4, -0.2) is 31.9 Å². The Kier molecular flexibility index (Phi) is 3.68. The summed E-state index contributed by atoms with van der Waals surface area (Å²) in [6.45, 7) is 0. The van der Waals surface area contributed by atoms with Crippen molar-refractivity contribution in [3.8, 4) is 0 Å². The molecule has 0 spiro atoms. The first kappa shape index (κ1) is 14.1. The second kappa shape index (κ2) is 5.48. The van der Waals surface area contributed by atoms with Crippen molar-refractivity contribution in [3.63, 3.8) is 0 Å². The fourth-order valence-electron chi connectivity index (χ4n) is 2.81. The van der Waals surface area contributed by atoms with Crippen molar-refractivity contribution in [1.82, 2.24) is 5.32 Å². The van der Waals surface area contributed by atoms with Gasteiger partial charge in [-0.25, -0.2) is 8.42 Å². The van der Waals surface area contributed by atoms with Crippen molar-refractivity contribution in [1.29, 1.82) is 0 Å². The molecule has 1 aliphatic heterocycles. The molecule has 3 rings (SSSR count). The second-order valence-electron chi connectivity index (χ2n) is 5.48. The van der Waals surface area contributed by atoms with Crippen molar-refractivity contribution in [2.75, 3.05) is 11.5 Å². The van der Waals surface area contributed by atoms with Crippen molar-refractivity contribution in [3.05, 3.63) is 48.0 Å². The molecule has 1 saturated heterocycles. The van der Waals surface area contributed by atoms with Gasteiger partial charge in [0.1, 0.15) is 0 Å². The van der Waals surface area contributed by atoms with Gasteiger partial charge >= 0.3 is 0 Å². The first-order valence-electron chi connectivity index (χ1n) is 7.00. The molecular weight excluding hydrogens is 286 g/mol. The molecule has 4 nitrogen and oxygen atoms in total. The van der Waals surface area contributed by atoms with Crippen LogP contribution in [0.25, 0.3) is 10.8 Å². The van der Waals surface area contributed by atoms with Crippen LogP contribution in [0.4, 0.5) is 0 Å². The highest BCUT2D eigenvalue weighted by Gasteiger charge is 2.28. The molecule has 1 N–H and O–H groups in total. The maximum absolute atomic E-state index is 12.1. The third kappa shape index (κ3) is 3.24. The molecule has 2 aromatic carbocycles. The van der Waals surface area contributed by atoms with E-state index in [9.17, 15) is 13.2 Å². The molecule has 0 bridgehead atoms. The molecule has 110 valence electrons. The topological polar surface area (TPSA) is 63.2 Å². The second-order valence-corrected chi connectivity index (χ2v) is 7.71. The van der Waals surface area contributed by atoms with Crippen LogP contribution in [0.1, 0.15) is 12.0 Å². The zero-order chi connectivity index (χ0) is 14.9. The fraction of sp³-hybridized carbons (Fsp3) is 0.312. The van der Waals surface area contributed by atoms with Gasteiger partial charge in [0.15, 0.2) is 9.84 Å². The van der Waals surface area contributed by atoms with Gasteiger partial charge in [0.25, 0.3) is 0 Å². The largest absolute Gasteiger partial charge is 0.352 e. The van der Waals surface area contributed by atoms with E-state index in [1.807, 2.05) is 42.5 Å². The minimum atomic E-state index is -2.96. The van der Waals surface area contributed by atoms with E-state index in [0.717, 1.165) is 16.3 Å². The minimum absolute atomic E-state index is 0.0638. The number of fused-ring (bicyclic) bond motifs is 1. The summed E-state index contributed by atoms with van der Waals surface area (Å²) in [6.07, 6.45) is 0.793. The molecule has 0 aromatic heterocycles. The minimum Gasteiger partial charge on any atom is -0.352 e. The Bertz CT molecular complexity index is 778. The van der Waals surface area contributed by atoms with Gasteiger partial charge in [-0.15, -0.1) is 0 Å². The number of carbonyl (C=O) groups is 1. The van der Waals surface area contributed by atoms with Gasteiger partial charge in [-0.05, 0) is 22.8 Å². The molecule has 0 radical (unpaired) electrons. The lowest BCUT2D eigenvalue weighted by Crippen LogP contribution is -2.36. The predicted molar refractivity (Wildman–Crippen MR) is 82.9 cm³/mol. The zero-order valence-electron chi connectivity index (χ0n) is 11.6. The number of carbonyl (C=O) groups excluding carboxylic acids is 1. The molecule has 1 unspecified atom stereocenters. The maximum atomic E-state index is 12.1. The number of sulfone groups is 1. The maximum Gasteiger partial charge on any atom is 0.224 e. The first-order chi connectivity index (χ1) is 10.0. The average molecular weight is 303 g/mol. The van der Waals surface area contributed by atoms with Crippen LogP contribution in [0.15, 0.2) is 42.5 Å². The number of benzene rings is 2. The normalized spacial score (nSPS) is 20.5. The predicted octanol–water partition coefficient (Wildman–Crippen LogP) is 1.69. The molecule has 5 heteroatoms. The van der Waals surface area contributed by atoms with Crippen molar-refractivity contribution < 1.29 is 13.2 Å². The molecule has 1 amide bonds. The van der Waals surface area contributed by atoms with Gasteiger partial charge in [0.2, 0.25) is 5.91 Å². The molecule has 0 saturated carbocycles. The quantitative estimate of drug-likeness (QED) is 0.938. The Labute approximate surface area is 124 Å². The summed E-state index contributed by atoms with van der Waals surface area (Å²) in [5.41, 5.74) is 0.964. The van der Waals surface area contributed by atoms with Gasteiger partial charge in [-0.2, -0.15) is 0 Å². The van der Waals surface area contributed by atoms with E-state index in [1.165, 1.54) is 0 Å². The van der Waals surface area contributed by atoms with Crippen LogP contribution < -0.4 is 5.32 Å². The number of hydrogen-bond donors (Lipinski definition) is 1. The molecule has 21 heavy (non-hydrogen) atoms. The number of amides is 1. The summed E-state index contributed by atoms with van der Waals surface area (Å²) in [5.74, 6) is 0.119. The lowest BCUT2D eigenvalue weighted by molar-refractivity contribution is -0.120. The van der Waals surface area contributed by atoms with Gasteiger partial charge in [0, 0.05) is 6.04 Å². The van der Waals surface area contributed by atoms with Gasteiger partial charge in [0.05, 0.1) is 17.9 Å². The monoisotopic (exact) mass is 303 g/mol. The van der Waals surface area contributed by atoms with Crippen LogP contribution in [0.5, 0.6) is 0 Å². The summed E-state index contributed by atoms with van der Waals surface area (Å²) >= 11 is 0. The highest BCUT2D eigenvalue weighted by Crippen LogP contribution is 2.19. The smallest absolute Gasteiger partial charge is 0.224 e. The van der Waals surface area contributed by atoms with Crippen molar-refractivity contribution in [2.45, 2.75) is 18.9 Å². The summed E-state index contributed by atoms with van der Waals surface area (Å²) in [4.78, 5) is 12.1. The van der Waals surface area contributed by atoms with E-state index in [0.29, 0.717) is 6.42 Å². The van der Waals surface area contributed by atoms with Gasteiger partial charge < -0.3 is 5.32 Å². The van der Waals surface area contributed by atoms with Crippen LogP contribution in [0.2, 0.25) is 0 Å². The van der Waals surface area contributed by atoms with Gasteiger partial charge in [-0.3, -0.25) is 4.79 Å². The van der Waals surface area contributed by atoms with Crippen molar-refractivity contribution in [2.24, 2.45) is 0 Å². The zero-order valence-corrected chi connectivity index (χ0v) is 12.4. The number of rotatable bonds is 3. The summed E-state index contributed by atoms with van der Waals surface area (Å²) in [5, 5.41) is 5.00. The summed E-state index contributed by atoms with van der Waals surface area (Å²) in [6, 6.07) is 13.6. The third-order valence-electron chi connectivity index (χ3n) is 3.83. The van der Waals surface area contributed by atoms with Crippen molar-refractivity contribution >= 4 is 26.5 Å². The Morgan fingerprint density at radius 1 is 1.14 bits per heavy atom. The standard InChI is InChI=1S/C16H17NO3S/c18-16(17-14-8-9-21(19,20)11-14)10-13-6-3-5-12-4-1-2-7-15(12)13/h1-7,14H,8-11H2,(H,17,18).